The lowest BCUT2D eigenvalue weighted by atomic mass is 9.96. The monoisotopic (exact) mass is 503 g/mol. The average molecular weight is 504 g/mol. The first-order chi connectivity index (χ1) is 17.6. The molecule has 0 spiro atoms. The van der Waals surface area contributed by atoms with E-state index in [2.05, 4.69) is 82.9 Å². The van der Waals surface area contributed by atoms with Crippen LogP contribution in [0.5, 0.6) is 0 Å². The van der Waals surface area contributed by atoms with Crippen LogP contribution in [-0.4, -0.2) is 52.4 Å². The van der Waals surface area contributed by atoms with Gasteiger partial charge in [0, 0.05) is 49.5 Å². The van der Waals surface area contributed by atoms with E-state index in [1.54, 1.807) is 0 Å². The van der Waals surface area contributed by atoms with Gasteiger partial charge in [0.15, 0.2) is 5.11 Å². The molecule has 2 fully saturated rings. The molecular weight excluding hydrogens is 466 g/mol. The Kier molecular flexibility index (Phi) is 7.70. The van der Waals surface area contributed by atoms with Crippen LogP contribution in [0.3, 0.4) is 0 Å². The minimum atomic E-state index is -0.0214. The molecule has 36 heavy (non-hydrogen) atoms. The first-order valence-corrected chi connectivity index (χ1v) is 13.5. The fourth-order valence-corrected chi connectivity index (χ4v) is 5.94. The summed E-state index contributed by atoms with van der Waals surface area (Å²) in [5, 5.41) is 4.35. The van der Waals surface area contributed by atoms with Gasteiger partial charge in [-0.05, 0) is 80.4 Å². The van der Waals surface area contributed by atoms with Crippen LogP contribution in [0.1, 0.15) is 53.6 Å². The average Bonchev–Trinajstić information content (AvgIpc) is 3.40. The summed E-state index contributed by atoms with van der Waals surface area (Å²) < 4.78 is 7.98. The number of nitrogens with zero attached hydrogens (tertiary/aromatic N) is 4. The Bertz CT molecular complexity index is 1170. The number of benzene rings is 1. The summed E-state index contributed by atoms with van der Waals surface area (Å²) in [6, 6.07) is 17.3. The van der Waals surface area contributed by atoms with Crippen LogP contribution in [0.25, 0.3) is 0 Å². The lowest BCUT2D eigenvalue weighted by Gasteiger charge is -2.28. The molecule has 0 unspecified atom stereocenters. The topological polar surface area (TPSA) is 45.6 Å². The van der Waals surface area contributed by atoms with Gasteiger partial charge in [-0.2, -0.15) is 0 Å². The van der Waals surface area contributed by atoms with E-state index in [-0.39, 0.29) is 12.1 Å². The Hall–Kier alpha value is -2.74. The Morgan fingerprint density at radius 1 is 1.06 bits per heavy atom. The van der Waals surface area contributed by atoms with Crippen molar-refractivity contribution in [1.82, 2.24) is 19.8 Å². The lowest BCUT2D eigenvalue weighted by molar-refractivity contribution is 0.0369. The molecule has 7 heteroatoms. The van der Waals surface area contributed by atoms with E-state index in [0.717, 1.165) is 68.7 Å². The molecular formula is C29H37N5OS. The predicted molar refractivity (Wildman–Crippen MR) is 150 cm³/mol. The van der Waals surface area contributed by atoms with Gasteiger partial charge in [-0.15, -0.1) is 0 Å². The molecule has 0 saturated carbocycles. The molecule has 2 aromatic heterocycles. The van der Waals surface area contributed by atoms with Gasteiger partial charge in [0.25, 0.3) is 0 Å². The maximum atomic E-state index is 5.93. The molecule has 5 rings (SSSR count). The van der Waals surface area contributed by atoms with Crippen LogP contribution >= 0.6 is 12.2 Å². The van der Waals surface area contributed by atoms with Gasteiger partial charge in [-0.1, -0.05) is 25.1 Å². The number of pyridine rings is 1. The lowest BCUT2D eigenvalue weighted by Crippen LogP contribution is -2.37. The van der Waals surface area contributed by atoms with Crippen LogP contribution < -0.4 is 10.2 Å². The quantitative estimate of drug-likeness (QED) is 0.439. The number of rotatable bonds is 8. The van der Waals surface area contributed by atoms with Crippen LogP contribution in [-0.2, 0) is 17.7 Å². The number of aromatic nitrogens is 2. The van der Waals surface area contributed by atoms with Gasteiger partial charge < -0.3 is 19.5 Å². The van der Waals surface area contributed by atoms with Gasteiger partial charge >= 0.3 is 0 Å². The summed E-state index contributed by atoms with van der Waals surface area (Å²) in [5.74, 6) is 0. The Labute approximate surface area is 220 Å². The number of morpholine rings is 1. The van der Waals surface area contributed by atoms with Crippen molar-refractivity contribution in [2.45, 2.75) is 52.2 Å². The highest BCUT2D eigenvalue weighted by molar-refractivity contribution is 7.80. The first kappa shape index (κ1) is 24.9. The largest absolute Gasteiger partial charge is 0.379 e. The highest BCUT2D eigenvalue weighted by Gasteiger charge is 2.42. The number of ether oxygens (including phenoxy) is 1. The summed E-state index contributed by atoms with van der Waals surface area (Å²) in [7, 11) is 0. The first-order valence-electron chi connectivity index (χ1n) is 13.1. The smallest absolute Gasteiger partial charge is 0.174 e. The van der Waals surface area contributed by atoms with Crippen molar-refractivity contribution >= 4 is 23.0 Å². The minimum absolute atomic E-state index is 0.0214. The number of thiocarbonyl (C=S) groups is 1. The van der Waals surface area contributed by atoms with Crippen molar-refractivity contribution in [1.29, 1.82) is 0 Å². The Morgan fingerprint density at radius 2 is 1.83 bits per heavy atom. The van der Waals surface area contributed by atoms with Crippen molar-refractivity contribution < 1.29 is 4.74 Å². The second-order valence-corrected chi connectivity index (χ2v) is 10.2. The summed E-state index contributed by atoms with van der Waals surface area (Å²) in [5.41, 5.74) is 7.36. The number of anilines is 1. The number of aryl methyl sites for hydroxylation is 2. The van der Waals surface area contributed by atoms with Crippen LogP contribution in [0, 0.1) is 13.8 Å². The third kappa shape index (κ3) is 5.05. The molecule has 0 bridgehead atoms. The third-order valence-electron chi connectivity index (χ3n) is 7.61. The maximum Gasteiger partial charge on any atom is 0.174 e. The molecule has 2 aliphatic heterocycles. The maximum absolute atomic E-state index is 5.93. The van der Waals surface area contributed by atoms with E-state index in [1.165, 1.54) is 22.5 Å². The zero-order chi connectivity index (χ0) is 25.1. The van der Waals surface area contributed by atoms with Crippen molar-refractivity contribution in [3.63, 3.8) is 0 Å². The second-order valence-electron chi connectivity index (χ2n) is 9.80. The van der Waals surface area contributed by atoms with Crippen LogP contribution in [0.4, 0.5) is 5.69 Å². The molecule has 2 saturated heterocycles. The van der Waals surface area contributed by atoms with Crippen LogP contribution in [0.15, 0.2) is 54.7 Å². The van der Waals surface area contributed by atoms with E-state index in [9.17, 15) is 0 Å². The molecule has 2 atom stereocenters. The molecule has 2 aliphatic rings. The van der Waals surface area contributed by atoms with Gasteiger partial charge in [-0.3, -0.25) is 9.88 Å². The molecule has 0 aliphatic carbocycles. The van der Waals surface area contributed by atoms with Crippen LogP contribution in [0.2, 0.25) is 0 Å². The zero-order valence-electron chi connectivity index (χ0n) is 21.6. The zero-order valence-corrected chi connectivity index (χ0v) is 22.4. The molecule has 190 valence electrons. The molecule has 6 nitrogen and oxygen atoms in total. The SMILES string of the molecule is CCc1ccc(N2C(=S)N[C@@H](c3ccccn3)[C@H]2c2cc(C)n(CCCN3CCOCC3)c2C)cc1. The molecule has 1 aromatic carbocycles. The molecule has 0 radical (unpaired) electrons. The van der Waals surface area contributed by atoms with E-state index in [0.29, 0.717) is 0 Å². The highest BCUT2D eigenvalue weighted by atomic mass is 32.1. The number of hydrogen-bond donors (Lipinski definition) is 1. The van der Waals surface area contributed by atoms with Crippen molar-refractivity contribution in [2.75, 3.05) is 37.7 Å². The normalized spacial score (nSPS) is 20.6. The fourth-order valence-electron chi connectivity index (χ4n) is 5.59. The van der Waals surface area contributed by atoms with E-state index < -0.39 is 0 Å². The number of hydrogen-bond acceptors (Lipinski definition) is 4. The molecule has 0 amide bonds. The predicted octanol–water partition coefficient (Wildman–Crippen LogP) is 4.96. The van der Waals surface area contributed by atoms with Crippen molar-refractivity contribution in [3.8, 4) is 0 Å². The van der Waals surface area contributed by atoms with Gasteiger partial charge in [-0.25, -0.2) is 0 Å². The number of nitrogens with one attached hydrogen (secondary N) is 1. The van der Waals surface area contributed by atoms with Gasteiger partial charge in [0.05, 0.1) is 31.0 Å². The molecule has 1 N–H and O–H groups in total. The summed E-state index contributed by atoms with van der Waals surface area (Å²) in [6.07, 6.45) is 4.02. The molecule has 3 aromatic rings. The second kappa shape index (κ2) is 11.1. The molecule has 4 heterocycles. The van der Waals surface area contributed by atoms with E-state index in [4.69, 9.17) is 21.9 Å². The Morgan fingerprint density at radius 3 is 2.53 bits per heavy atom. The van der Waals surface area contributed by atoms with Gasteiger partial charge in [0.1, 0.15) is 0 Å². The van der Waals surface area contributed by atoms with Crippen molar-refractivity contribution in [2.24, 2.45) is 0 Å². The van der Waals surface area contributed by atoms with E-state index in [1.807, 2.05) is 12.3 Å². The highest BCUT2D eigenvalue weighted by Crippen LogP contribution is 2.43. The summed E-state index contributed by atoms with van der Waals surface area (Å²) in [6.45, 7) is 12.6. The summed E-state index contributed by atoms with van der Waals surface area (Å²) >= 11 is 5.93. The van der Waals surface area contributed by atoms with E-state index >= 15 is 0 Å². The summed E-state index contributed by atoms with van der Waals surface area (Å²) in [4.78, 5) is 9.51. The third-order valence-corrected chi connectivity index (χ3v) is 7.93. The Balaban J connectivity index is 1.46. The fraction of sp³-hybridized carbons (Fsp3) is 0.448. The van der Waals surface area contributed by atoms with Gasteiger partial charge in [0.2, 0.25) is 0 Å². The van der Waals surface area contributed by atoms with Crippen molar-refractivity contribution in [3.05, 3.63) is 82.9 Å². The standard InChI is InChI=1S/C29H37N5OS/c1-4-23-9-11-24(12-10-23)34-28(27(31-29(34)36)26-8-5-6-13-30-26)25-20-21(2)33(22(25)3)15-7-14-32-16-18-35-19-17-32/h5-6,8-13,20,27-28H,4,7,14-19H2,1-3H3,(H,31,36)/t27-,28+/m0/s1. The minimum Gasteiger partial charge on any atom is -0.379 e.